The summed E-state index contributed by atoms with van der Waals surface area (Å²) >= 11 is 13.1. The van der Waals surface area contributed by atoms with Crippen molar-refractivity contribution in [3.8, 4) is 0 Å². The van der Waals surface area contributed by atoms with Gasteiger partial charge >= 0.3 is 0 Å². The Labute approximate surface area is 125 Å². The molecule has 5 heteroatoms. The molecule has 0 saturated heterocycles. The van der Waals surface area contributed by atoms with Crippen LogP contribution in [0.3, 0.4) is 0 Å². The number of benzene rings is 1. The summed E-state index contributed by atoms with van der Waals surface area (Å²) in [5, 5.41) is 3.03. The normalized spacial score (nSPS) is 17.3. The van der Waals surface area contributed by atoms with Crippen molar-refractivity contribution < 1.29 is 4.79 Å². The minimum Gasteiger partial charge on any atom is -0.345 e. The molecule has 1 amide bonds. The summed E-state index contributed by atoms with van der Waals surface area (Å²) in [5.74, 6) is -0.158. The second-order valence-electron chi connectivity index (χ2n) is 4.50. The van der Waals surface area contributed by atoms with E-state index in [1.807, 2.05) is 12.1 Å². The van der Waals surface area contributed by atoms with Crippen molar-refractivity contribution in [2.75, 3.05) is 0 Å². The molecule has 1 aromatic heterocycles. The van der Waals surface area contributed by atoms with Crippen LogP contribution in [0.15, 0.2) is 30.3 Å². The molecule has 2 nitrogen and oxygen atoms in total. The summed E-state index contributed by atoms with van der Waals surface area (Å²) in [6.45, 7) is 0. The third-order valence-corrected chi connectivity index (χ3v) is 4.83. The Hall–Kier alpha value is -1.03. The molecule has 1 aromatic carbocycles. The molecule has 0 bridgehead atoms. The van der Waals surface area contributed by atoms with Crippen molar-refractivity contribution in [1.29, 1.82) is 0 Å². The van der Waals surface area contributed by atoms with Crippen molar-refractivity contribution in [3.63, 3.8) is 0 Å². The molecule has 0 saturated carbocycles. The summed E-state index contributed by atoms with van der Waals surface area (Å²) in [6, 6.07) is 9.88. The van der Waals surface area contributed by atoms with Gasteiger partial charge in [0, 0.05) is 0 Å². The summed E-state index contributed by atoms with van der Waals surface area (Å²) in [5.41, 5.74) is 2.97. The van der Waals surface area contributed by atoms with Crippen LogP contribution in [0.4, 0.5) is 0 Å². The lowest BCUT2D eigenvalue weighted by atomic mass is 10.1. The van der Waals surface area contributed by atoms with Crippen LogP contribution in [0.25, 0.3) is 0 Å². The second-order valence-corrected chi connectivity index (χ2v) is 6.79. The van der Waals surface area contributed by atoms with E-state index >= 15 is 0 Å². The summed E-state index contributed by atoms with van der Waals surface area (Å²) < 4.78 is 0.968. The Bertz CT molecular complexity index is 638. The van der Waals surface area contributed by atoms with Crippen molar-refractivity contribution in [1.82, 2.24) is 5.32 Å². The van der Waals surface area contributed by atoms with Crippen LogP contribution in [-0.4, -0.2) is 5.91 Å². The van der Waals surface area contributed by atoms with Gasteiger partial charge in [0.05, 0.1) is 15.9 Å². The van der Waals surface area contributed by atoms with Gasteiger partial charge in [-0.2, -0.15) is 0 Å². The van der Waals surface area contributed by atoms with Crippen LogP contribution in [0.2, 0.25) is 8.67 Å². The lowest BCUT2D eigenvalue weighted by Gasteiger charge is -2.13. The molecule has 1 aliphatic carbocycles. The number of carbonyl (C=O) groups excluding carboxylic acids is 1. The second kappa shape index (κ2) is 5.16. The molecule has 0 aliphatic heterocycles. The average molecular weight is 312 g/mol. The van der Waals surface area contributed by atoms with E-state index in [1.165, 1.54) is 22.5 Å². The third kappa shape index (κ3) is 2.50. The highest BCUT2D eigenvalue weighted by molar-refractivity contribution is 7.20. The zero-order valence-electron chi connectivity index (χ0n) is 9.95. The summed E-state index contributed by atoms with van der Waals surface area (Å²) in [6.07, 6.45) is 1.93. The number of fused-ring (bicyclic) bond motifs is 1. The van der Waals surface area contributed by atoms with E-state index in [4.69, 9.17) is 23.2 Å². The molecule has 3 rings (SSSR count). The number of halogens is 2. The van der Waals surface area contributed by atoms with E-state index in [2.05, 4.69) is 17.4 Å². The zero-order chi connectivity index (χ0) is 13.4. The monoisotopic (exact) mass is 311 g/mol. The lowest BCUT2D eigenvalue weighted by Crippen LogP contribution is -2.26. The quantitative estimate of drug-likeness (QED) is 0.871. The molecule has 0 radical (unpaired) electrons. The van der Waals surface area contributed by atoms with Crippen LogP contribution in [0.1, 0.15) is 33.9 Å². The molecule has 0 fully saturated rings. The van der Waals surface area contributed by atoms with E-state index in [1.54, 1.807) is 6.07 Å². The molecule has 98 valence electrons. The van der Waals surface area contributed by atoms with Crippen LogP contribution in [-0.2, 0) is 6.42 Å². The van der Waals surface area contributed by atoms with Gasteiger partial charge in [0.1, 0.15) is 4.34 Å². The topological polar surface area (TPSA) is 29.1 Å². The number of thiophene rings is 1. The molecule has 1 atom stereocenters. The number of rotatable bonds is 2. The third-order valence-electron chi connectivity index (χ3n) is 3.34. The van der Waals surface area contributed by atoms with Gasteiger partial charge in [-0.05, 0) is 30.0 Å². The van der Waals surface area contributed by atoms with Crippen LogP contribution in [0, 0.1) is 0 Å². The maximum absolute atomic E-state index is 12.2. The Morgan fingerprint density at radius 1 is 1.32 bits per heavy atom. The molecule has 1 N–H and O–H groups in total. The van der Waals surface area contributed by atoms with Crippen LogP contribution in [0.5, 0.6) is 0 Å². The SMILES string of the molecule is O=C(NC1CCc2ccccc21)c1cc(Cl)sc1Cl. The van der Waals surface area contributed by atoms with E-state index in [9.17, 15) is 4.79 Å². The molecular formula is C14H11Cl2NOS. The molecule has 1 heterocycles. The van der Waals surface area contributed by atoms with Crippen molar-refractivity contribution in [2.24, 2.45) is 0 Å². The number of carbonyl (C=O) groups is 1. The maximum Gasteiger partial charge on any atom is 0.254 e. The van der Waals surface area contributed by atoms with Crippen molar-refractivity contribution in [3.05, 3.63) is 55.7 Å². The lowest BCUT2D eigenvalue weighted by molar-refractivity contribution is 0.0937. The first-order valence-electron chi connectivity index (χ1n) is 5.98. The molecular weight excluding hydrogens is 301 g/mol. The fraction of sp³-hybridized carbons (Fsp3) is 0.214. The fourth-order valence-corrected chi connectivity index (χ4v) is 3.90. The Morgan fingerprint density at radius 3 is 2.84 bits per heavy atom. The van der Waals surface area contributed by atoms with E-state index in [0.29, 0.717) is 14.2 Å². The number of aryl methyl sites for hydroxylation is 1. The van der Waals surface area contributed by atoms with Gasteiger partial charge in [-0.15, -0.1) is 11.3 Å². The molecule has 0 spiro atoms. The van der Waals surface area contributed by atoms with E-state index in [0.717, 1.165) is 12.8 Å². The Balaban J connectivity index is 1.80. The summed E-state index contributed by atoms with van der Waals surface area (Å²) in [4.78, 5) is 12.2. The molecule has 1 aliphatic rings. The highest BCUT2D eigenvalue weighted by Crippen LogP contribution is 2.34. The summed E-state index contributed by atoms with van der Waals surface area (Å²) in [7, 11) is 0. The van der Waals surface area contributed by atoms with Crippen LogP contribution < -0.4 is 5.32 Å². The highest BCUT2D eigenvalue weighted by Gasteiger charge is 2.25. The maximum atomic E-state index is 12.2. The standard InChI is InChI=1S/C14H11Cl2NOS/c15-12-7-10(13(16)19-12)14(18)17-11-6-5-8-3-1-2-4-9(8)11/h1-4,7,11H,5-6H2,(H,17,18). The number of hydrogen-bond acceptors (Lipinski definition) is 2. The Kier molecular flexibility index (Phi) is 3.52. The minimum absolute atomic E-state index is 0.0680. The zero-order valence-corrected chi connectivity index (χ0v) is 12.3. The number of hydrogen-bond donors (Lipinski definition) is 1. The van der Waals surface area contributed by atoms with Gasteiger partial charge in [-0.3, -0.25) is 4.79 Å². The van der Waals surface area contributed by atoms with Gasteiger partial charge in [-0.25, -0.2) is 0 Å². The Morgan fingerprint density at radius 2 is 2.11 bits per heavy atom. The molecule has 1 unspecified atom stereocenters. The van der Waals surface area contributed by atoms with Crippen molar-refractivity contribution in [2.45, 2.75) is 18.9 Å². The minimum atomic E-state index is -0.158. The molecule has 2 aromatic rings. The average Bonchev–Trinajstić information content (AvgIpc) is 2.94. The van der Waals surface area contributed by atoms with Gasteiger partial charge in [-0.1, -0.05) is 47.5 Å². The largest absolute Gasteiger partial charge is 0.345 e. The van der Waals surface area contributed by atoms with Gasteiger partial charge in [0.25, 0.3) is 5.91 Å². The van der Waals surface area contributed by atoms with Gasteiger partial charge in [0.2, 0.25) is 0 Å². The highest BCUT2D eigenvalue weighted by atomic mass is 35.5. The van der Waals surface area contributed by atoms with Gasteiger partial charge < -0.3 is 5.32 Å². The first kappa shape index (κ1) is 13.0. The first-order chi connectivity index (χ1) is 9.15. The molecule has 19 heavy (non-hydrogen) atoms. The smallest absolute Gasteiger partial charge is 0.254 e. The fourth-order valence-electron chi connectivity index (χ4n) is 2.44. The van der Waals surface area contributed by atoms with Crippen LogP contribution >= 0.6 is 34.5 Å². The number of amides is 1. The number of nitrogens with one attached hydrogen (secondary N) is 1. The van der Waals surface area contributed by atoms with Crippen molar-refractivity contribution >= 4 is 40.4 Å². The van der Waals surface area contributed by atoms with E-state index in [-0.39, 0.29) is 11.9 Å². The van der Waals surface area contributed by atoms with E-state index < -0.39 is 0 Å². The van der Waals surface area contributed by atoms with Gasteiger partial charge in [0.15, 0.2) is 0 Å². The first-order valence-corrected chi connectivity index (χ1v) is 7.56. The predicted molar refractivity (Wildman–Crippen MR) is 79.3 cm³/mol. The predicted octanol–water partition coefficient (Wildman–Crippen LogP) is 4.47.